The highest BCUT2D eigenvalue weighted by Gasteiger charge is 2.51. The molecule has 1 aliphatic heterocycles. The lowest BCUT2D eigenvalue weighted by molar-refractivity contribution is -0.0111. The fraction of sp³-hybridized carbons (Fsp3) is 0.941. The van der Waals surface area contributed by atoms with Crippen LogP contribution in [0.1, 0.15) is 64.2 Å². The first-order chi connectivity index (χ1) is 9.72. The smallest absolute Gasteiger partial charge is 0.169 e. The Kier molecular flexibility index (Phi) is 3.44. The highest BCUT2D eigenvalue weighted by atomic mass is 32.1. The Morgan fingerprint density at radius 3 is 1.85 bits per heavy atom. The normalized spacial score (nSPS) is 43.4. The van der Waals surface area contributed by atoms with Crippen molar-refractivity contribution in [3.05, 3.63) is 0 Å². The lowest BCUT2D eigenvalue weighted by Gasteiger charge is -2.57. The first-order valence-corrected chi connectivity index (χ1v) is 9.20. The Morgan fingerprint density at radius 2 is 1.35 bits per heavy atom. The lowest BCUT2D eigenvalue weighted by Crippen LogP contribution is -2.61. The Balaban J connectivity index is 1.44. The van der Waals surface area contributed by atoms with Crippen molar-refractivity contribution in [1.29, 1.82) is 0 Å². The van der Waals surface area contributed by atoms with Gasteiger partial charge >= 0.3 is 0 Å². The molecule has 5 aliphatic rings. The Labute approximate surface area is 128 Å². The number of hydrogen-bond donors (Lipinski definition) is 1. The summed E-state index contributed by atoms with van der Waals surface area (Å²) >= 11 is 5.78. The van der Waals surface area contributed by atoms with Crippen LogP contribution >= 0.6 is 12.2 Å². The maximum atomic E-state index is 5.78. The minimum Gasteiger partial charge on any atom is -0.357 e. The maximum Gasteiger partial charge on any atom is 0.169 e. The van der Waals surface area contributed by atoms with Gasteiger partial charge in [0.15, 0.2) is 5.11 Å². The maximum absolute atomic E-state index is 5.78. The van der Waals surface area contributed by atoms with Gasteiger partial charge in [-0.1, -0.05) is 12.8 Å². The number of rotatable bonds is 1. The molecule has 3 heteroatoms. The van der Waals surface area contributed by atoms with E-state index < -0.39 is 0 Å². The van der Waals surface area contributed by atoms with Crippen LogP contribution in [-0.4, -0.2) is 28.6 Å². The molecular weight excluding hydrogens is 264 g/mol. The van der Waals surface area contributed by atoms with Gasteiger partial charge in [-0.15, -0.1) is 0 Å². The molecule has 1 N–H and O–H groups in total. The van der Waals surface area contributed by atoms with Gasteiger partial charge in [0.05, 0.1) is 0 Å². The largest absolute Gasteiger partial charge is 0.357 e. The van der Waals surface area contributed by atoms with E-state index in [0.29, 0.717) is 5.54 Å². The van der Waals surface area contributed by atoms with E-state index in [9.17, 15) is 0 Å². The molecular formula is C17H28N2S. The highest BCUT2D eigenvalue weighted by Crippen LogP contribution is 2.55. The zero-order valence-electron chi connectivity index (χ0n) is 12.6. The van der Waals surface area contributed by atoms with Gasteiger partial charge in [0.2, 0.25) is 0 Å². The molecule has 4 bridgehead atoms. The molecule has 5 rings (SSSR count). The zero-order chi connectivity index (χ0) is 13.6. The summed E-state index contributed by atoms with van der Waals surface area (Å²) in [5, 5.41) is 4.96. The first kappa shape index (κ1) is 13.4. The Hall–Kier alpha value is -0.310. The number of likely N-dealkylation sites (tertiary alicyclic amines) is 1. The van der Waals surface area contributed by atoms with Crippen LogP contribution in [-0.2, 0) is 0 Å². The van der Waals surface area contributed by atoms with Crippen LogP contribution < -0.4 is 5.32 Å². The second-order valence-corrected chi connectivity index (χ2v) is 8.42. The Bertz CT molecular complexity index is 349. The van der Waals surface area contributed by atoms with E-state index in [1.165, 1.54) is 77.3 Å². The van der Waals surface area contributed by atoms with Crippen molar-refractivity contribution in [1.82, 2.24) is 10.2 Å². The summed E-state index contributed by atoms with van der Waals surface area (Å²) in [5.41, 5.74) is 0.387. The van der Waals surface area contributed by atoms with E-state index in [1.54, 1.807) is 0 Å². The van der Waals surface area contributed by atoms with Crippen molar-refractivity contribution in [3.63, 3.8) is 0 Å². The summed E-state index contributed by atoms with van der Waals surface area (Å²) in [7, 11) is 0. The molecule has 0 amide bonds. The predicted molar refractivity (Wildman–Crippen MR) is 86.7 cm³/mol. The summed E-state index contributed by atoms with van der Waals surface area (Å²) in [4.78, 5) is 2.46. The first-order valence-electron chi connectivity index (χ1n) is 8.80. The molecule has 4 saturated carbocycles. The lowest BCUT2D eigenvalue weighted by atomic mass is 9.53. The van der Waals surface area contributed by atoms with E-state index in [0.717, 1.165) is 22.9 Å². The van der Waals surface area contributed by atoms with Crippen molar-refractivity contribution in [2.75, 3.05) is 13.1 Å². The topological polar surface area (TPSA) is 15.3 Å². The van der Waals surface area contributed by atoms with Crippen LogP contribution in [0.5, 0.6) is 0 Å². The molecule has 0 aromatic rings. The zero-order valence-corrected chi connectivity index (χ0v) is 13.4. The standard InChI is InChI=1S/C17H28N2S/c20-16(19-5-3-1-2-4-6-19)18-17-10-13-7-14(11-17)9-15(8-13)12-17/h13-15H,1-12H2,(H,18,20). The third kappa shape index (κ3) is 2.47. The third-order valence-electron chi connectivity index (χ3n) is 6.30. The van der Waals surface area contributed by atoms with E-state index in [4.69, 9.17) is 12.2 Å². The number of nitrogens with zero attached hydrogens (tertiary/aromatic N) is 1. The molecule has 1 saturated heterocycles. The van der Waals surface area contributed by atoms with Crippen LogP contribution in [0.25, 0.3) is 0 Å². The van der Waals surface area contributed by atoms with Crippen molar-refractivity contribution < 1.29 is 0 Å². The second kappa shape index (κ2) is 5.15. The van der Waals surface area contributed by atoms with Crippen molar-refractivity contribution in [3.8, 4) is 0 Å². The van der Waals surface area contributed by atoms with E-state index in [-0.39, 0.29) is 0 Å². The number of hydrogen-bond acceptors (Lipinski definition) is 1. The third-order valence-corrected chi connectivity index (χ3v) is 6.66. The van der Waals surface area contributed by atoms with E-state index in [1.807, 2.05) is 0 Å². The van der Waals surface area contributed by atoms with Crippen LogP contribution in [0.2, 0.25) is 0 Å². The fourth-order valence-electron chi connectivity index (χ4n) is 5.84. The van der Waals surface area contributed by atoms with Gasteiger partial charge in [-0.2, -0.15) is 0 Å². The van der Waals surface area contributed by atoms with Crippen molar-refractivity contribution in [2.24, 2.45) is 17.8 Å². The van der Waals surface area contributed by atoms with Gasteiger partial charge in [0.1, 0.15) is 0 Å². The van der Waals surface area contributed by atoms with Crippen molar-refractivity contribution >= 4 is 17.3 Å². The monoisotopic (exact) mass is 292 g/mol. The molecule has 0 unspecified atom stereocenters. The molecule has 0 atom stereocenters. The number of nitrogens with one attached hydrogen (secondary N) is 1. The average Bonchev–Trinajstić information content (AvgIpc) is 2.65. The molecule has 2 nitrogen and oxygen atoms in total. The summed E-state index contributed by atoms with van der Waals surface area (Å²) < 4.78 is 0. The van der Waals surface area contributed by atoms with Crippen LogP contribution in [0.3, 0.4) is 0 Å². The molecule has 4 aliphatic carbocycles. The molecule has 0 spiro atoms. The van der Waals surface area contributed by atoms with Crippen molar-refractivity contribution in [2.45, 2.75) is 69.7 Å². The molecule has 0 aromatic carbocycles. The van der Waals surface area contributed by atoms with Gasteiger partial charge in [0.25, 0.3) is 0 Å². The molecule has 20 heavy (non-hydrogen) atoms. The summed E-state index contributed by atoms with van der Waals surface area (Å²) in [5.74, 6) is 3.00. The Morgan fingerprint density at radius 1 is 0.850 bits per heavy atom. The van der Waals surface area contributed by atoms with Gasteiger partial charge < -0.3 is 10.2 Å². The molecule has 0 radical (unpaired) electrons. The van der Waals surface area contributed by atoms with E-state index >= 15 is 0 Å². The van der Waals surface area contributed by atoms with Gasteiger partial charge in [-0.3, -0.25) is 0 Å². The minimum atomic E-state index is 0.387. The number of thiocarbonyl (C=S) groups is 1. The quantitative estimate of drug-likeness (QED) is 0.742. The molecule has 112 valence electrons. The summed E-state index contributed by atoms with van der Waals surface area (Å²) in [6.07, 6.45) is 14.1. The van der Waals surface area contributed by atoms with Crippen LogP contribution in [0.4, 0.5) is 0 Å². The fourth-order valence-corrected chi connectivity index (χ4v) is 6.24. The SMILES string of the molecule is S=C(NC12CC3CC(CC(C3)C1)C2)N1CCCCCC1. The molecule has 5 fully saturated rings. The molecule has 1 heterocycles. The summed E-state index contributed by atoms with van der Waals surface area (Å²) in [6, 6.07) is 0. The minimum absolute atomic E-state index is 0.387. The van der Waals surface area contributed by atoms with Gasteiger partial charge in [0, 0.05) is 18.6 Å². The highest BCUT2D eigenvalue weighted by molar-refractivity contribution is 7.80. The molecule has 0 aromatic heterocycles. The average molecular weight is 292 g/mol. The van der Waals surface area contributed by atoms with E-state index in [2.05, 4.69) is 10.2 Å². The van der Waals surface area contributed by atoms with Gasteiger partial charge in [-0.25, -0.2) is 0 Å². The van der Waals surface area contributed by atoms with Gasteiger partial charge in [-0.05, 0) is 81.3 Å². The summed E-state index contributed by atoms with van der Waals surface area (Å²) in [6.45, 7) is 2.36. The predicted octanol–water partition coefficient (Wildman–Crippen LogP) is 3.71. The second-order valence-electron chi connectivity index (χ2n) is 8.03. The van der Waals surface area contributed by atoms with Crippen LogP contribution in [0, 0.1) is 17.8 Å². The van der Waals surface area contributed by atoms with Crippen LogP contribution in [0.15, 0.2) is 0 Å².